The maximum absolute atomic E-state index is 5.30. The molecule has 2 nitrogen and oxygen atoms in total. The van der Waals surface area contributed by atoms with Gasteiger partial charge in [0.1, 0.15) is 10.5 Å². The van der Waals surface area contributed by atoms with Gasteiger partial charge in [-0.05, 0) is 36.0 Å². The van der Waals surface area contributed by atoms with E-state index >= 15 is 0 Å². The lowest BCUT2D eigenvalue weighted by Crippen LogP contribution is -2.07. The molecule has 0 aliphatic heterocycles. The van der Waals surface area contributed by atoms with Gasteiger partial charge in [-0.1, -0.05) is 50.3 Å². The summed E-state index contributed by atoms with van der Waals surface area (Å²) in [7, 11) is 0. The van der Waals surface area contributed by atoms with Crippen molar-refractivity contribution in [2.45, 2.75) is 38.5 Å². The van der Waals surface area contributed by atoms with E-state index in [-0.39, 0.29) is 0 Å². The Kier molecular flexibility index (Phi) is 3.23. The Balaban J connectivity index is 1.95. The van der Waals surface area contributed by atoms with Crippen LogP contribution in [0.25, 0.3) is 0 Å². The number of aromatic nitrogens is 2. The van der Waals surface area contributed by atoms with Crippen molar-refractivity contribution < 1.29 is 0 Å². The summed E-state index contributed by atoms with van der Waals surface area (Å²) in [4.78, 5) is 8.02. The third kappa shape index (κ3) is 2.47. The van der Waals surface area contributed by atoms with Crippen LogP contribution in [0.3, 0.4) is 0 Å². The molecule has 1 aliphatic rings. The molecular formula is C16H18N2S. The smallest absolute Gasteiger partial charge is 0.130 e. The monoisotopic (exact) mass is 270 g/mol. The van der Waals surface area contributed by atoms with Crippen molar-refractivity contribution in [3.05, 3.63) is 57.6 Å². The lowest BCUT2D eigenvalue weighted by Gasteiger charge is -2.12. The Morgan fingerprint density at radius 2 is 1.84 bits per heavy atom. The largest absolute Gasteiger partial charge is 0.347 e. The Hall–Kier alpha value is -1.48. The summed E-state index contributed by atoms with van der Waals surface area (Å²) in [6.45, 7) is 4.35. The molecule has 0 amide bonds. The Labute approximate surface area is 118 Å². The first-order chi connectivity index (χ1) is 9.13. The maximum Gasteiger partial charge on any atom is 0.130 e. The third-order valence-electron chi connectivity index (χ3n) is 3.84. The van der Waals surface area contributed by atoms with E-state index in [2.05, 4.69) is 48.1 Å². The van der Waals surface area contributed by atoms with Crippen LogP contribution in [0.15, 0.2) is 30.3 Å². The Morgan fingerprint density at radius 3 is 2.42 bits per heavy atom. The van der Waals surface area contributed by atoms with E-state index in [0.717, 1.165) is 18.7 Å². The van der Waals surface area contributed by atoms with Gasteiger partial charge in [-0.15, -0.1) is 0 Å². The molecule has 1 heterocycles. The summed E-state index contributed by atoms with van der Waals surface area (Å²) in [6, 6.07) is 10.6. The first-order valence-corrected chi connectivity index (χ1v) is 7.22. The molecule has 1 aromatic heterocycles. The van der Waals surface area contributed by atoms with Crippen LogP contribution >= 0.6 is 12.2 Å². The first kappa shape index (κ1) is 12.5. The highest BCUT2D eigenvalue weighted by molar-refractivity contribution is 7.71. The van der Waals surface area contributed by atoms with Crippen molar-refractivity contribution in [3.63, 3.8) is 0 Å². The van der Waals surface area contributed by atoms with Gasteiger partial charge in [0, 0.05) is 11.6 Å². The molecule has 1 aliphatic carbocycles. The molecule has 2 aromatic rings. The van der Waals surface area contributed by atoms with Crippen LogP contribution in [0.5, 0.6) is 0 Å². The van der Waals surface area contributed by atoms with Crippen LogP contribution in [0.2, 0.25) is 0 Å². The van der Waals surface area contributed by atoms with Crippen molar-refractivity contribution in [1.29, 1.82) is 0 Å². The predicted molar refractivity (Wildman–Crippen MR) is 80.1 cm³/mol. The highest BCUT2D eigenvalue weighted by Gasteiger charge is 2.24. The molecule has 1 aromatic carbocycles. The van der Waals surface area contributed by atoms with Crippen molar-refractivity contribution in [2.24, 2.45) is 0 Å². The van der Waals surface area contributed by atoms with Crippen molar-refractivity contribution in [3.8, 4) is 0 Å². The fraction of sp³-hybridized carbons (Fsp3) is 0.375. The first-order valence-electron chi connectivity index (χ1n) is 6.81. The molecule has 3 rings (SSSR count). The van der Waals surface area contributed by atoms with Gasteiger partial charge in [-0.3, -0.25) is 0 Å². The molecule has 19 heavy (non-hydrogen) atoms. The normalized spacial score (nSPS) is 14.9. The molecule has 0 atom stereocenters. The van der Waals surface area contributed by atoms with Gasteiger partial charge in [-0.25, -0.2) is 4.98 Å². The third-order valence-corrected chi connectivity index (χ3v) is 4.05. The summed E-state index contributed by atoms with van der Waals surface area (Å²) in [5, 5.41) is 0. The topological polar surface area (TPSA) is 28.7 Å². The second-order valence-corrected chi connectivity index (χ2v) is 6.01. The number of benzene rings is 1. The molecule has 0 bridgehead atoms. The minimum atomic E-state index is 0.442. The summed E-state index contributed by atoms with van der Waals surface area (Å²) in [5.41, 5.74) is 4.08. The van der Waals surface area contributed by atoms with Crippen LogP contribution in [0.4, 0.5) is 0 Å². The van der Waals surface area contributed by atoms with Gasteiger partial charge in [-0.2, -0.15) is 0 Å². The van der Waals surface area contributed by atoms with E-state index in [1.54, 1.807) is 0 Å². The lowest BCUT2D eigenvalue weighted by atomic mass is 10.0. The van der Waals surface area contributed by atoms with Crippen LogP contribution in [-0.2, 0) is 12.8 Å². The zero-order valence-electron chi connectivity index (χ0n) is 11.3. The van der Waals surface area contributed by atoms with Crippen molar-refractivity contribution >= 4 is 12.2 Å². The van der Waals surface area contributed by atoms with Crippen molar-refractivity contribution in [1.82, 2.24) is 9.97 Å². The fourth-order valence-corrected chi connectivity index (χ4v) is 2.98. The minimum Gasteiger partial charge on any atom is -0.347 e. The summed E-state index contributed by atoms with van der Waals surface area (Å²) < 4.78 is 0.702. The van der Waals surface area contributed by atoms with Gasteiger partial charge >= 0.3 is 0 Å². The summed E-state index contributed by atoms with van der Waals surface area (Å²) in [5.74, 6) is 1.94. The number of H-pyrrole nitrogens is 1. The Bertz CT molecular complexity index is 633. The highest BCUT2D eigenvalue weighted by atomic mass is 32.1. The average molecular weight is 270 g/mol. The maximum atomic E-state index is 5.30. The molecule has 0 spiro atoms. The van der Waals surface area contributed by atoms with Crippen LogP contribution in [-0.4, -0.2) is 9.97 Å². The number of nitrogens with zero attached hydrogens (tertiary/aromatic N) is 1. The predicted octanol–water partition coefficient (Wildman–Crippen LogP) is 4.14. The molecule has 1 N–H and O–H groups in total. The fourth-order valence-electron chi connectivity index (χ4n) is 2.75. The standard InChI is InChI=1S/C16H18N2S/c1-10(2)14-9-15(19)18-16(17-14)13-7-11-5-3-4-6-12(11)8-13/h3-6,9-10,13H,7-8H2,1-2H3,(H,17,18,19). The second-order valence-electron chi connectivity index (χ2n) is 5.59. The SMILES string of the molecule is CC(C)c1cc(=S)nc(C2Cc3ccccc3C2)[nH]1. The summed E-state index contributed by atoms with van der Waals surface area (Å²) >= 11 is 5.30. The van der Waals surface area contributed by atoms with E-state index in [4.69, 9.17) is 12.2 Å². The van der Waals surface area contributed by atoms with E-state index < -0.39 is 0 Å². The van der Waals surface area contributed by atoms with Crippen LogP contribution in [0.1, 0.15) is 48.3 Å². The zero-order chi connectivity index (χ0) is 13.4. The number of aromatic amines is 1. The molecule has 0 saturated carbocycles. The quantitative estimate of drug-likeness (QED) is 0.831. The zero-order valence-corrected chi connectivity index (χ0v) is 12.1. The lowest BCUT2D eigenvalue weighted by molar-refractivity contribution is 0.662. The van der Waals surface area contributed by atoms with E-state index in [9.17, 15) is 0 Å². The number of hydrogen-bond acceptors (Lipinski definition) is 2. The van der Waals surface area contributed by atoms with Gasteiger partial charge in [0.15, 0.2) is 0 Å². The van der Waals surface area contributed by atoms with Gasteiger partial charge in [0.25, 0.3) is 0 Å². The average Bonchev–Trinajstić information content (AvgIpc) is 2.81. The van der Waals surface area contributed by atoms with Gasteiger partial charge in [0.2, 0.25) is 0 Å². The number of rotatable bonds is 2. The molecular weight excluding hydrogens is 252 g/mol. The number of fused-ring (bicyclic) bond motifs is 1. The number of hydrogen-bond donors (Lipinski definition) is 1. The highest BCUT2D eigenvalue weighted by Crippen LogP contribution is 2.32. The minimum absolute atomic E-state index is 0.442. The van der Waals surface area contributed by atoms with Crippen LogP contribution < -0.4 is 0 Å². The van der Waals surface area contributed by atoms with E-state index in [1.165, 1.54) is 16.8 Å². The molecule has 0 saturated heterocycles. The molecule has 3 heteroatoms. The van der Waals surface area contributed by atoms with Crippen LogP contribution in [0, 0.1) is 4.64 Å². The van der Waals surface area contributed by atoms with Gasteiger partial charge < -0.3 is 4.98 Å². The molecule has 98 valence electrons. The molecule has 0 radical (unpaired) electrons. The summed E-state index contributed by atoms with van der Waals surface area (Å²) in [6.07, 6.45) is 2.13. The van der Waals surface area contributed by atoms with Crippen molar-refractivity contribution in [2.75, 3.05) is 0 Å². The van der Waals surface area contributed by atoms with E-state index in [1.807, 2.05) is 6.07 Å². The van der Waals surface area contributed by atoms with E-state index in [0.29, 0.717) is 16.5 Å². The molecule has 0 fully saturated rings. The second kappa shape index (κ2) is 4.89. The Morgan fingerprint density at radius 1 is 1.21 bits per heavy atom. The van der Waals surface area contributed by atoms with Gasteiger partial charge in [0.05, 0.1) is 0 Å². The molecule has 0 unspecified atom stereocenters. The number of nitrogens with one attached hydrogen (secondary N) is 1.